The molecule has 2 N–H and O–H groups in total. The molecule has 0 heterocycles. The standard InChI is InChI=1S/C25H41ClN2OS/c1-2-3-4-5-6-7-8-9-10-11-12-13-14-15-20-27-25(30)28-24(29)21-22-16-18-23(26)19-17-22/h16-19H,2-15,20-21H2,1H3,(H2,27,28,29,30). The molecular formula is C25H41ClN2OS. The summed E-state index contributed by atoms with van der Waals surface area (Å²) in [6, 6.07) is 7.28. The van der Waals surface area contributed by atoms with Crippen LogP contribution in [-0.2, 0) is 11.2 Å². The van der Waals surface area contributed by atoms with Gasteiger partial charge < -0.3 is 10.6 Å². The molecule has 0 bridgehead atoms. The number of carbonyl (C=O) groups is 1. The van der Waals surface area contributed by atoms with Crippen LogP contribution < -0.4 is 10.6 Å². The lowest BCUT2D eigenvalue weighted by Gasteiger charge is -2.09. The monoisotopic (exact) mass is 452 g/mol. The van der Waals surface area contributed by atoms with Crippen LogP contribution in [0.1, 0.15) is 102 Å². The van der Waals surface area contributed by atoms with Gasteiger partial charge in [-0.25, -0.2) is 0 Å². The largest absolute Gasteiger partial charge is 0.362 e. The van der Waals surface area contributed by atoms with Crippen molar-refractivity contribution < 1.29 is 4.79 Å². The zero-order valence-corrected chi connectivity index (χ0v) is 20.4. The summed E-state index contributed by atoms with van der Waals surface area (Å²) in [4.78, 5) is 12.0. The van der Waals surface area contributed by atoms with Gasteiger partial charge in [0, 0.05) is 11.6 Å². The Hall–Kier alpha value is -1.13. The van der Waals surface area contributed by atoms with E-state index in [-0.39, 0.29) is 5.91 Å². The summed E-state index contributed by atoms with van der Waals surface area (Å²) >= 11 is 11.1. The third-order valence-corrected chi connectivity index (χ3v) is 5.85. The number of amides is 1. The fourth-order valence-corrected chi connectivity index (χ4v) is 3.87. The van der Waals surface area contributed by atoms with Crippen LogP contribution in [-0.4, -0.2) is 17.6 Å². The van der Waals surface area contributed by atoms with E-state index >= 15 is 0 Å². The van der Waals surface area contributed by atoms with Crippen molar-refractivity contribution in [2.75, 3.05) is 6.54 Å². The van der Waals surface area contributed by atoms with Crippen LogP contribution in [0.5, 0.6) is 0 Å². The first-order valence-electron chi connectivity index (χ1n) is 11.9. The molecule has 0 spiro atoms. The Morgan fingerprint density at radius 1 is 0.800 bits per heavy atom. The van der Waals surface area contributed by atoms with E-state index in [0.29, 0.717) is 16.6 Å². The van der Waals surface area contributed by atoms with E-state index in [4.69, 9.17) is 23.8 Å². The average molecular weight is 453 g/mol. The summed E-state index contributed by atoms with van der Waals surface area (Å²) < 4.78 is 0. The molecule has 30 heavy (non-hydrogen) atoms. The van der Waals surface area contributed by atoms with Crippen LogP contribution >= 0.6 is 23.8 Å². The maximum atomic E-state index is 12.0. The average Bonchev–Trinajstić information content (AvgIpc) is 2.72. The zero-order valence-electron chi connectivity index (χ0n) is 18.8. The maximum absolute atomic E-state index is 12.0. The van der Waals surface area contributed by atoms with E-state index in [2.05, 4.69) is 17.6 Å². The van der Waals surface area contributed by atoms with Gasteiger partial charge in [0.2, 0.25) is 5.91 Å². The van der Waals surface area contributed by atoms with Gasteiger partial charge in [-0.2, -0.15) is 0 Å². The van der Waals surface area contributed by atoms with Crippen LogP contribution in [0.15, 0.2) is 24.3 Å². The number of nitrogens with one attached hydrogen (secondary N) is 2. The van der Waals surface area contributed by atoms with Crippen molar-refractivity contribution in [3.05, 3.63) is 34.9 Å². The van der Waals surface area contributed by atoms with Crippen molar-refractivity contribution >= 4 is 34.8 Å². The van der Waals surface area contributed by atoms with Gasteiger partial charge in [0.15, 0.2) is 5.11 Å². The van der Waals surface area contributed by atoms with Gasteiger partial charge in [0.1, 0.15) is 0 Å². The topological polar surface area (TPSA) is 41.1 Å². The summed E-state index contributed by atoms with van der Waals surface area (Å²) in [6.45, 7) is 3.09. The second kappa shape index (κ2) is 18.6. The fraction of sp³-hybridized carbons (Fsp3) is 0.680. The molecule has 1 rings (SSSR count). The first kappa shape index (κ1) is 26.9. The van der Waals surface area contributed by atoms with Gasteiger partial charge in [-0.15, -0.1) is 0 Å². The molecule has 0 aromatic heterocycles. The van der Waals surface area contributed by atoms with Gasteiger partial charge >= 0.3 is 0 Å². The smallest absolute Gasteiger partial charge is 0.230 e. The Kier molecular flexibility index (Phi) is 16.7. The van der Waals surface area contributed by atoms with Crippen molar-refractivity contribution in [2.24, 2.45) is 0 Å². The highest BCUT2D eigenvalue weighted by atomic mass is 35.5. The molecule has 0 saturated heterocycles. The minimum absolute atomic E-state index is 0.101. The Morgan fingerprint density at radius 2 is 1.27 bits per heavy atom. The Morgan fingerprint density at radius 3 is 1.77 bits per heavy atom. The van der Waals surface area contributed by atoms with Gasteiger partial charge in [-0.1, -0.05) is 114 Å². The number of unbranched alkanes of at least 4 members (excludes halogenated alkanes) is 13. The van der Waals surface area contributed by atoms with Crippen LogP contribution in [0.3, 0.4) is 0 Å². The molecule has 0 aliphatic carbocycles. The molecule has 3 nitrogen and oxygen atoms in total. The first-order chi connectivity index (χ1) is 14.6. The number of thiocarbonyl (C=S) groups is 1. The summed E-state index contributed by atoms with van der Waals surface area (Å²) in [7, 11) is 0. The minimum Gasteiger partial charge on any atom is -0.362 e. The van der Waals surface area contributed by atoms with Crippen LogP contribution in [0.4, 0.5) is 0 Å². The van der Waals surface area contributed by atoms with Crippen LogP contribution in [0, 0.1) is 0 Å². The normalized spacial score (nSPS) is 10.7. The van der Waals surface area contributed by atoms with Gasteiger partial charge in [0.05, 0.1) is 6.42 Å². The molecule has 0 atom stereocenters. The molecule has 1 amide bonds. The van der Waals surface area contributed by atoms with E-state index in [0.717, 1.165) is 18.5 Å². The molecule has 0 aliphatic rings. The predicted molar refractivity (Wildman–Crippen MR) is 134 cm³/mol. The van der Waals surface area contributed by atoms with E-state index in [1.807, 2.05) is 12.1 Å². The molecule has 1 aromatic rings. The molecule has 0 radical (unpaired) electrons. The van der Waals surface area contributed by atoms with E-state index in [9.17, 15) is 4.79 Å². The molecular weight excluding hydrogens is 412 g/mol. The molecule has 0 unspecified atom stereocenters. The molecule has 1 aromatic carbocycles. The molecule has 0 saturated carbocycles. The van der Waals surface area contributed by atoms with E-state index in [1.165, 1.54) is 83.5 Å². The van der Waals surface area contributed by atoms with Gasteiger partial charge in [0.25, 0.3) is 0 Å². The Balaban J connectivity index is 1.86. The van der Waals surface area contributed by atoms with Crippen molar-refractivity contribution in [1.82, 2.24) is 10.6 Å². The van der Waals surface area contributed by atoms with E-state index in [1.54, 1.807) is 12.1 Å². The number of halogens is 1. The lowest BCUT2D eigenvalue weighted by Crippen LogP contribution is -2.40. The van der Waals surface area contributed by atoms with Crippen LogP contribution in [0.2, 0.25) is 5.02 Å². The zero-order chi connectivity index (χ0) is 21.9. The summed E-state index contributed by atoms with van der Waals surface area (Å²) in [5.41, 5.74) is 0.923. The second-order valence-electron chi connectivity index (χ2n) is 8.20. The highest BCUT2D eigenvalue weighted by molar-refractivity contribution is 7.80. The quantitative estimate of drug-likeness (QED) is 0.191. The maximum Gasteiger partial charge on any atom is 0.230 e. The highest BCUT2D eigenvalue weighted by Gasteiger charge is 2.05. The highest BCUT2D eigenvalue weighted by Crippen LogP contribution is 2.13. The van der Waals surface area contributed by atoms with E-state index < -0.39 is 0 Å². The van der Waals surface area contributed by atoms with Crippen LogP contribution in [0.25, 0.3) is 0 Å². The predicted octanol–water partition coefficient (Wildman–Crippen LogP) is 7.35. The number of benzene rings is 1. The molecule has 170 valence electrons. The number of hydrogen-bond acceptors (Lipinski definition) is 2. The molecule has 0 aliphatic heterocycles. The van der Waals surface area contributed by atoms with Gasteiger partial charge in [-0.05, 0) is 36.3 Å². The SMILES string of the molecule is CCCCCCCCCCCCCCCCNC(=S)NC(=O)Cc1ccc(Cl)cc1. The fourth-order valence-electron chi connectivity index (χ4n) is 3.52. The Labute approximate surface area is 194 Å². The minimum atomic E-state index is -0.101. The summed E-state index contributed by atoms with van der Waals surface area (Å²) in [5, 5.41) is 6.96. The molecule has 0 fully saturated rings. The Bertz CT molecular complexity index is 577. The third kappa shape index (κ3) is 15.7. The lowest BCUT2D eigenvalue weighted by atomic mass is 10.0. The van der Waals surface area contributed by atoms with Crippen molar-refractivity contribution in [3.63, 3.8) is 0 Å². The van der Waals surface area contributed by atoms with Crippen molar-refractivity contribution in [1.29, 1.82) is 0 Å². The summed E-state index contributed by atoms with van der Waals surface area (Å²) in [6.07, 6.45) is 19.2. The summed E-state index contributed by atoms with van der Waals surface area (Å²) in [5.74, 6) is -0.101. The molecule has 5 heteroatoms. The number of carbonyl (C=O) groups excluding carboxylic acids is 1. The van der Waals surface area contributed by atoms with Gasteiger partial charge in [-0.3, -0.25) is 4.79 Å². The van der Waals surface area contributed by atoms with Crippen molar-refractivity contribution in [3.8, 4) is 0 Å². The first-order valence-corrected chi connectivity index (χ1v) is 12.7. The third-order valence-electron chi connectivity index (χ3n) is 5.35. The second-order valence-corrected chi connectivity index (χ2v) is 9.05. The lowest BCUT2D eigenvalue weighted by molar-refractivity contribution is -0.119. The number of rotatable bonds is 17. The van der Waals surface area contributed by atoms with Crippen molar-refractivity contribution in [2.45, 2.75) is 103 Å². The number of hydrogen-bond donors (Lipinski definition) is 2.